The van der Waals surface area contributed by atoms with Crippen molar-refractivity contribution < 1.29 is 9.53 Å². The maximum absolute atomic E-state index is 11.0. The van der Waals surface area contributed by atoms with Gasteiger partial charge in [-0.2, -0.15) is 5.10 Å². The van der Waals surface area contributed by atoms with Crippen LogP contribution in [0.25, 0.3) is 0 Å². The second kappa shape index (κ2) is 2.76. The van der Waals surface area contributed by atoms with Gasteiger partial charge in [0.05, 0.1) is 5.69 Å². The minimum atomic E-state index is -0.119. The monoisotopic (exact) mass is 181 g/mol. The van der Waals surface area contributed by atoms with Crippen LogP contribution in [0.1, 0.15) is 12.6 Å². The highest BCUT2D eigenvalue weighted by atomic mass is 16.5. The Morgan fingerprint density at radius 1 is 1.69 bits per heavy atom. The van der Waals surface area contributed by atoms with E-state index >= 15 is 0 Å². The number of hydrogen-bond donors (Lipinski definition) is 1. The second-order valence-electron chi connectivity index (χ2n) is 2.92. The van der Waals surface area contributed by atoms with Gasteiger partial charge in [-0.25, -0.2) is 4.68 Å². The number of nitrogens with zero attached hydrogens (tertiary/aromatic N) is 2. The quantitative estimate of drug-likeness (QED) is 0.688. The maximum Gasteiger partial charge on any atom is 0.262 e. The Kier molecular flexibility index (Phi) is 1.72. The molecule has 1 amide bonds. The lowest BCUT2D eigenvalue weighted by Gasteiger charge is -2.15. The van der Waals surface area contributed by atoms with E-state index in [1.54, 1.807) is 4.68 Å². The van der Waals surface area contributed by atoms with Gasteiger partial charge in [0, 0.05) is 6.54 Å². The topological polar surface area (TPSA) is 56.2 Å². The van der Waals surface area contributed by atoms with Crippen LogP contribution in [-0.2, 0) is 11.3 Å². The van der Waals surface area contributed by atoms with Gasteiger partial charge >= 0.3 is 0 Å². The highest BCUT2D eigenvalue weighted by Gasteiger charge is 2.23. The Morgan fingerprint density at radius 2 is 2.46 bits per heavy atom. The SMILES string of the molecule is CCn1nc(C)c2c1OCC(=O)N2. The number of anilines is 1. The number of rotatable bonds is 1. The zero-order chi connectivity index (χ0) is 9.42. The van der Waals surface area contributed by atoms with Crippen molar-refractivity contribution in [2.75, 3.05) is 11.9 Å². The summed E-state index contributed by atoms with van der Waals surface area (Å²) in [5.74, 6) is 0.547. The minimum absolute atomic E-state index is 0.0815. The Morgan fingerprint density at radius 3 is 3.15 bits per heavy atom. The van der Waals surface area contributed by atoms with E-state index in [1.165, 1.54) is 0 Å². The molecule has 1 aromatic rings. The van der Waals surface area contributed by atoms with E-state index in [1.807, 2.05) is 13.8 Å². The fourth-order valence-corrected chi connectivity index (χ4v) is 1.37. The highest BCUT2D eigenvalue weighted by Crippen LogP contribution is 2.30. The van der Waals surface area contributed by atoms with E-state index in [4.69, 9.17) is 4.74 Å². The molecule has 70 valence electrons. The zero-order valence-corrected chi connectivity index (χ0v) is 7.63. The van der Waals surface area contributed by atoms with Crippen LogP contribution in [0.5, 0.6) is 5.88 Å². The van der Waals surface area contributed by atoms with E-state index in [9.17, 15) is 4.79 Å². The largest absolute Gasteiger partial charge is 0.466 e. The maximum atomic E-state index is 11.0. The number of fused-ring (bicyclic) bond motifs is 1. The van der Waals surface area contributed by atoms with E-state index in [-0.39, 0.29) is 12.5 Å². The number of aryl methyl sites for hydroxylation is 2. The molecule has 0 aliphatic carbocycles. The van der Waals surface area contributed by atoms with Gasteiger partial charge in [0.2, 0.25) is 5.88 Å². The summed E-state index contributed by atoms with van der Waals surface area (Å²) < 4.78 is 7.01. The van der Waals surface area contributed by atoms with Gasteiger partial charge in [-0.1, -0.05) is 0 Å². The van der Waals surface area contributed by atoms with Gasteiger partial charge in [0.1, 0.15) is 5.69 Å². The zero-order valence-electron chi connectivity index (χ0n) is 7.63. The first-order valence-corrected chi connectivity index (χ1v) is 4.22. The summed E-state index contributed by atoms with van der Waals surface area (Å²) in [4.78, 5) is 11.0. The van der Waals surface area contributed by atoms with Crippen molar-refractivity contribution in [1.82, 2.24) is 9.78 Å². The average Bonchev–Trinajstić information content (AvgIpc) is 2.43. The number of carbonyl (C=O) groups excluding carboxylic acids is 1. The van der Waals surface area contributed by atoms with Gasteiger partial charge in [-0.3, -0.25) is 4.79 Å². The molecule has 0 fully saturated rings. The summed E-state index contributed by atoms with van der Waals surface area (Å²) in [5, 5.41) is 6.96. The van der Waals surface area contributed by atoms with E-state index in [0.717, 1.165) is 12.2 Å². The predicted molar refractivity (Wildman–Crippen MR) is 46.8 cm³/mol. The van der Waals surface area contributed by atoms with Gasteiger partial charge in [-0.05, 0) is 13.8 Å². The number of ether oxygens (including phenoxy) is 1. The molecule has 13 heavy (non-hydrogen) atoms. The number of amides is 1. The molecule has 1 N–H and O–H groups in total. The normalized spacial score (nSPS) is 14.8. The Labute approximate surface area is 75.7 Å². The molecule has 5 heteroatoms. The van der Waals surface area contributed by atoms with Crippen molar-refractivity contribution in [3.8, 4) is 5.88 Å². The van der Waals surface area contributed by atoms with Crippen molar-refractivity contribution >= 4 is 11.6 Å². The summed E-state index contributed by atoms with van der Waals surface area (Å²) >= 11 is 0. The van der Waals surface area contributed by atoms with Crippen LogP contribution < -0.4 is 10.1 Å². The molecule has 2 rings (SSSR count). The molecule has 1 aliphatic rings. The van der Waals surface area contributed by atoms with Crippen LogP contribution in [0.15, 0.2) is 0 Å². The van der Waals surface area contributed by atoms with Gasteiger partial charge in [-0.15, -0.1) is 0 Å². The van der Waals surface area contributed by atoms with Gasteiger partial charge in [0.25, 0.3) is 5.91 Å². The molecule has 0 unspecified atom stereocenters. The number of nitrogens with one attached hydrogen (secondary N) is 1. The van der Waals surface area contributed by atoms with Crippen LogP contribution in [0, 0.1) is 6.92 Å². The first-order chi connectivity index (χ1) is 6.22. The fourth-order valence-electron chi connectivity index (χ4n) is 1.37. The first kappa shape index (κ1) is 8.10. The van der Waals surface area contributed by atoms with E-state index < -0.39 is 0 Å². The Balaban J connectivity index is 2.47. The van der Waals surface area contributed by atoms with Crippen LogP contribution in [0.4, 0.5) is 5.69 Å². The van der Waals surface area contributed by atoms with Crippen LogP contribution in [-0.4, -0.2) is 22.3 Å². The van der Waals surface area contributed by atoms with Crippen molar-refractivity contribution in [1.29, 1.82) is 0 Å². The summed E-state index contributed by atoms with van der Waals surface area (Å²) in [5.41, 5.74) is 1.50. The summed E-state index contributed by atoms with van der Waals surface area (Å²) in [6.45, 7) is 4.65. The Hall–Kier alpha value is -1.52. The molecule has 0 saturated carbocycles. The van der Waals surface area contributed by atoms with Gasteiger partial charge < -0.3 is 10.1 Å². The molecule has 2 heterocycles. The van der Waals surface area contributed by atoms with Crippen molar-refractivity contribution in [2.24, 2.45) is 0 Å². The molecular formula is C8H11N3O2. The third-order valence-corrected chi connectivity index (χ3v) is 1.98. The molecule has 0 saturated heterocycles. The molecule has 1 aliphatic heterocycles. The average molecular weight is 181 g/mol. The van der Waals surface area contributed by atoms with Crippen LogP contribution in [0.3, 0.4) is 0 Å². The molecule has 5 nitrogen and oxygen atoms in total. The summed E-state index contributed by atoms with van der Waals surface area (Å²) in [6, 6.07) is 0. The van der Waals surface area contributed by atoms with Crippen LogP contribution >= 0.6 is 0 Å². The predicted octanol–water partition coefficient (Wildman–Crippen LogP) is 0.542. The van der Waals surface area contributed by atoms with Crippen molar-refractivity contribution in [3.63, 3.8) is 0 Å². The van der Waals surface area contributed by atoms with Gasteiger partial charge in [0.15, 0.2) is 6.61 Å². The number of hydrogen-bond acceptors (Lipinski definition) is 3. The molecule has 0 spiro atoms. The van der Waals surface area contributed by atoms with Crippen molar-refractivity contribution in [3.05, 3.63) is 5.69 Å². The highest BCUT2D eigenvalue weighted by molar-refractivity contribution is 5.95. The summed E-state index contributed by atoms with van der Waals surface area (Å²) in [7, 11) is 0. The molecule has 1 aromatic heterocycles. The fraction of sp³-hybridized carbons (Fsp3) is 0.500. The lowest BCUT2D eigenvalue weighted by atomic mass is 10.3. The first-order valence-electron chi connectivity index (χ1n) is 4.22. The molecule has 0 aromatic carbocycles. The lowest BCUT2D eigenvalue weighted by Crippen LogP contribution is -2.26. The third kappa shape index (κ3) is 1.16. The van der Waals surface area contributed by atoms with Crippen molar-refractivity contribution in [2.45, 2.75) is 20.4 Å². The number of aromatic nitrogens is 2. The smallest absolute Gasteiger partial charge is 0.262 e. The van der Waals surface area contributed by atoms with Crippen LogP contribution in [0.2, 0.25) is 0 Å². The Bertz CT molecular complexity index is 357. The molecule has 0 atom stereocenters. The summed E-state index contributed by atoms with van der Waals surface area (Å²) in [6.07, 6.45) is 0. The standard InChI is InChI=1S/C8H11N3O2/c1-3-11-8-7(5(2)10-11)9-6(12)4-13-8/h3-4H2,1-2H3,(H,9,12). The molecular weight excluding hydrogens is 170 g/mol. The number of carbonyl (C=O) groups is 1. The van der Waals surface area contributed by atoms with E-state index in [0.29, 0.717) is 11.6 Å². The second-order valence-corrected chi connectivity index (χ2v) is 2.92. The molecule has 0 bridgehead atoms. The minimum Gasteiger partial charge on any atom is -0.466 e. The third-order valence-electron chi connectivity index (χ3n) is 1.98. The molecule has 0 radical (unpaired) electrons. The van der Waals surface area contributed by atoms with E-state index in [2.05, 4.69) is 10.4 Å². The lowest BCUT2D eigenvalue weighted by molar-refractivity contribution is -0.118.